The second-order valence-electron chi connectivity index (χ2n) is 7.66. The molecule has 0 aliphatic heterocycles. The molecular weight excluding hydrogens is 650 g/mol. The van der Waals surface area contributed by atoms with Gasteiger partial charge in [-0.2, -0.15) is 0 Å². The van der Waals surface area contributed by atoms with Crippen LogP contribution in [0.2, 0.25) is 5.02 Å². The van der Waals surface area contributed by atoms with Crippen LogP contribution in [0.15, 0.2) is 57.9 Å². The number of nitrogens with two attached hydrogens (primary N) is 1. The highest BCUT2D eigenvalue weighted by Gasteiger charge is 2.17. The number of rotatable bonds is 5. The van der Waals surface area contributed by atoms with E-state index in [4.69, 9.17) is 22.1 Å². The minimum atomic E-state index is -3.40. The van der Waals surface area contributed by atoms with Crippen molar-refractivity contribution in [3.8, 4) is 17.2 Å². The molecule has 0 amide bonds. The highest BCUT2D eigenvalue weighted by atomic mass is 79.9. The lowest BCUT2D eigenvalue weighted by atomic mass is 10.2. The quantitative estimate of drug-likeness (QED) is 0.198. The van der Waals surface area contributed by atoms with Crippen molar-refractivity contribution >= 4 is 61.0 Å². The van der Waals surface area contributed by atoms with Crippen LogP contribution in [0.4, 0.5) is 5.69 Å². The molecule has 0 fully saturated rings. The van der Waals surface area contributed by atoms with Gasteiger partial charge in [-0.1, -0.05) is 27.5 Å². The topological polar surface area (TPSA) is 189 Å². The monoisotopic (exact) mass is 675 g/mol. The lowest BCUT2D eigenvalue weighted by Crippen LogP contribution is -2.05. The van der Waals surface area contributed by atoms with Gasteiger partial charge in [0, 0.05) is 16.8 Å². The van der Waals surface area contributed by atoms with Gasteiger partial charge in [-0.3, -0.25) is 0 Å². The van der Waals surface area contributed by atoms with Crippen LogP contribution in [0.5, 0.6) is 17.2 Å². The summed E-state index contributed by atoms with van der Waals surface area (Å²) in [5.74, 6) is -1.88. The molecule has 0 bridgehead atoms. The number of hydrogen-bond acceptors (Lipinski definition) is 12. The minimum absolute atomic E-state index is 0.0410. The Morgan fingerprint density at radius 2 is 1.24 bits per heavy atom. The fourth-order valence-corrected chi connectivity index (χ4v) is 3.98. The van der Waals surface area contributed by atoms with E-state index in [-0.39, 0.29) is 33.1 Å². The molecule has 0 saturated heterocycles. The zero-order chi connectivity index (χ0) is 31.5. The molecule has 0 unspecified atom stereocenters. The summed E-state index contributed by atoms with van der Waals surface area (Å²) >= 11 is 8.93. The molecule has 3 aromatic carbocycles. The minimum Gasteiger partial charge on any atom is -0.507 e. The predicted octanol–water partition coefficient (Wildman–Crippen LogP) is 4.24. The third-order valence-electron chi connectivity index (χ3n) is 4.89. The number of anilines is 1. The zero-order valence-electron chi connectivity index (χ0n) is 22.4. The molecule has 0 aliphatic rings. The molecule has 12 nitrogen and oxygen atoms in total. The van der Waals surface area contributed by atoms with E-state index in [1.54, 1.807) is 6.07 Å². The van der Waals surface area contributed by atoms with Gasteiger partial charge in [0.1, 0.15) is 33.9 Å². The average molecular weight is 677 g/mol. The Morgan fingerprint density at radius 3 is 1.71 bits per heavy atom. The molecule has 0 heterocycles. The first kappa shape index (κ1) is 35.0. The summed E-state index contributed by atoms with van der Waals surface area (Å²) in [7, 11) is 1.73. The number of benzene rings is 3. The Kier molecular flexibility index (Phi) is 13.4. The second kappa shape index (κ2) is 15.7. The Balaban J connectivity index is 0.000000309. The molecule has 15 heteroatoms. The van der Waals surface area contributed by atoms with Crippen LogP contribution in [-0.2, 0) is 24.0 Å². The highest BCUT2D eigenvalue weighted by molar-refractivity contribution is 9.10. The molecule has 3 aromatic rings. The van der Waals surface area contributed by atoms with Crippen LogP contribution in [0.3, 0.4) is 0 Å². The smallest absolute Gasteiger partial charge is 0.341 e. The van der Waals surface area contributed by atoms with Crippen LogP contribution >= 0.6 is 27.5 Å². The normalized spacial score (nSPS) is 10.1. The first-order valence-electron chi connectivity index (χ1n) is 11.0. The Hall–Kier alpha value is -4.01. The summed E-state index contributed by atoms with van der Waals surface area (Å²) in [6.45, 7) is 0. The molecule has 0 aliphatic carbocycles. The van der Waals surface area contributed by atoms with Gasteiger partial charge in [0.2, 0.25) is 0 Å². The summed E-state index contributed by atoms with van der Waals surface area (Å²) in [4.78, 5) is 33.3. The number of hydrogen-bond donors (Lipinski definition) is 3. The average Bonchev–Trinajstić information content (AvgIpc) is 2.94. The third-order valence-corrected chi connectivity index (χ3v) is 6.82. The number of nitrogen functional groups attached to an aromatic ring is 1. The van der Waals surface area contributed by atoms with Crippen LogP contribution < -0.4 is 10.5 Å². The number of esters is 3. The Labute approximate surface area is 249 Å². The molecule has 41 heavy (non-hydrogen) atoms. The van der Waals surface area contributed by atoms with Crippen molar-refractivity contribution in [2.75, 3.05) is 40.4 Å². The lowest BCUT2D eigenvalue weighted by Gasteiger charge is -2.08. The molecule has 0 atom stereocenters. The van der Waals surface area contributed by atoms with Gasteiger partial charge < -0.3 is 34.9 Å². The summed E-state index contributed by atoms with van der Waals surface area (Å²) < 4.78 is 41.4. The van der Waals surface area contributed by atoms with Gasteiger partial charge in [-0.05, 0) is 42.5 Å². The van der Waals surface area contributed by atoms with Gasteiger partial charge in [0.15, 0.2) is 9.84 Å². The molecule has 0 saturated carbocycles. The van der Waals surface area contributed by atoms with E-state index in [0.29, 0.717) is 16.5 Å². The van der Waals surface area contributed by atoms with Crippen molar-refractivity contribution in [2.24, 2.45) is 0 Å². The Morgan fingerprint density at radius 1 is 0.780 bits per heavy atom. The van der Waals surface area contributed by atoms with Crippen molar-refractivity contribution < 1.29 is 52.0 Å². The lowest BCUT2D eigenvalue weighted by molar-refractivity contribution is 0.0588. The van der Waals surface area contributed by atoms with Crippen molar-refractivity contribution in [1.82, 2.24) is 0 Å². The number of aromatic hydroxyl groups is 2. The van der Waals surface area contributed by atoms with Gasteiger partial charge >= 0.3 is 17.9 Å². The highest BCUT2D eigenvalue weighted by Crippen LogP contribution is 2.29. The predicted molar refractivity (Wildman–Crippen MR) is 153 cm³/mol. The van der Waals surface area contributed by atoms with E-state index in [2.05, 4.69) is 30.1 Å². The van der Waals surface area contributed by atoms with E-state index in [1.807, 2.05) is 0 Å². The molecule has 0 aromatic heterocycles. The number of phenols is 2. The van der Waals surface area contributed by atoms with E-state index < -0.39 is 27.7 Å². The number of methoxy groups -OCH3 is 4. The van der Waals surface area contributed by atoms with E-state index in [1.165, 1.54) is 51.7 Å². The number of carbonyl (C=O) groups is 3. The molecule has 3 rings (SSSR count). The summed E-state index contributed by atoms with van der Waals surface area (Å²) in [6.07, 6.45) is 1.01. The van der Waals surface area contributed by atoms with E-state index in [9.17, 15) is 33.0 Å². The number of carbonyl (C=O) groups excluding carboxylic acids is 3. The second-order valence-corrected chi connectivity index (χ2v) is 11.0. The zero-order valence-corrected chi connectivity index (χ0v) is 25.6. The molecular formula is C26H27BrClNO11S. The largest absolute Gasteiger partial charge is 0.507 e. The number of phenolic OH excluding ortho intramolecular Hbond substituents is 2. The molecule has 222 valence electrons. The van der Waals surface area contributed by atoms with Crippen molar-refractivity contribution in [3.63, 3.8) is 0 Å². The number of sulfone groups is 1. The SMILES string of the molecule is COC(=O)c1cc(Br)ccc1O.COC(=O)c1cc(Cl)c(N)cc1OC.COC(=O)c1cc(S(C)(=O)=O)ccc1O. The van der Waals surface area contributed by atoms with Crippen LogP contribution in [-0.4, -0.2) is 71.2 Å². The first-order valence-corrected chi connectivity index (χ1v) is 14.1. The first-order chi connectivity index (χ1) is 19.1. The van der Waals surface area contributed by atoms with Crippen LogP contribution in [0, 0.1) is 0 Å². The fourth-order valence-electron chi connectivity index (χ4n) is 2.81. The molecule has 0 radical (unpaired) electrons. The van der Waals surface area contributed by atoms with Crippen molar-refractivity contribution in [2.45, 2.75) is 4.90 Å². The summed E-state index contributed by atoms with van der Waals surface area (Å²) in [6, 6.07) is 10.9. The van der Waals surface area contributed by atoms with Crippen LogP contribution in [0.25, 0.3) is 0 Å². The van der Waals surface area contributed by atoms with Crippen molar-refractivity contribution in [1.29, 1.82) is 0 Å². The third kappa shape index (κ3) is 10.2. The van der Waals surface area contributed by atoms with Gasteiger partial charge in [0.05, 0.1) is 44.0 Å². The standard InChI is InChI=1S/C9H10ClNO3.C9H10O5S.C8H7BrO3/c1-13-8-4-7(11)6(10)3-5(8)9(12)14-2;1-14-9(11)7-5-6(15(2,12)13)3-4-8(7)10;1-12-8(11)6-4-5(9)2-3-7(6)10/h3-4H,11H2,1-2H3;3-5,10H,1-2H3;2-4,10H,1H3. The maximum Gasteiger partial charge on any atom is 0.341 e. The van der Waals surface area contributed by atoms with Gasteiger partial charge in [-0.25, -0.2) is 22.8 Å². The van der Waals surface area contributed by atoms with Gasteiger partial charge in [0.25, 0.3) is 0 Å². The van der Waals surface area contributed by atoms with Gasteiger partial charge in [-0.15, -0.1) is 0 Å². The van der Waals surface area contributed by atoms with E-state index >= 15 is 0 Å². The fraction of sp³-hybridized carbons (Fsp3) is 0.192. The molecule has 0 spiro atoms. The van der Waals surface area contributed by atoms with Crippen LogP contribution in [0.1, 0.15) is 31.1 Å². The number of halogens is 2. The van der Waals surface area contributed by atoms with E-state index in [0.717, 1.165) is 30.0 Å². The molecule has 4 N–H and O–H groups in total. The summed E-state index contributed by atoms with van der Waals surface area (Å²) in [5.41, 5.74) is 6.15. The summed E-state index contributed by atoms with van der Waals surface area (Å²) in [5, 5.41) is 18.8. The van der Waals surface area contributed by atoms with Crippen molar-refractivity contribution in [3.05, 3.63) is 74.7 Å². The maximum absolute atomic E-state index is 11.3. The Bertz CT molecular complexity index is 1530. The number of ether oxygens (including phenoxy) is 4. The maximum atomic E-state index is 11.3.